The summed E-state index contributed by atoms with van der Waals surface area (Å²) in [7, 11) is -4.22. The predicted molar refractivity (Wildman–Crippen MR) is 149 cm³/mol. The fourth-order valence-corrected chi connectivity index (χ4v) is 5.81. The SMILES string of the molecule is Cc1cccc(S(=O)(=O)NC(=O)c2c(C)cc(-c3cc(F)cc(OCC(C)C)c3)nc2N2[C@H](C)CC[C@@H]2C)n1. The number of anilines is 1. The van der Waals surface area contributed by atoms with Crippen molar-refractivity contribution in [2.45, 2.75) is 71.5 Å². The van der Waals surface area contributed by atoms with Gasteiger partial charge >= 0.3 is 0 Å². The van der Waals surface area contributed by atoms with E-state index in [0.29, 0.717) is 40.7 Å². The number of aryl methyl sites for hydroxylation is 2. The minimum absolute atomic E-state index is 0.0705. The van der Waals surface area contributed by atoms with E-state index in [0.717, 1.165) is 12.8 Å². The lowest BCUT2D eigenvalue weighted by Gasteiger charge is -2.30. The molecule has 1 fully saturated rings. The van der Waals surface area contributed by atoms with Gasteiger partial charge in [-0.05, 0) is 82.3 Å². The summed E-state index contributed by atoms with van der Waals surface area (Å²) >= 11 is 0. The molecule has 4 rings (SSSR count). The first-order valence-corrected chi connectivity index (χ1v) is 14.6. The van der Waals surface area contributed by atoms with Gasteiger partial charge in [0.15, 0.2) is 5.03 Å². The number of carbonyl (C=O) groups excluding carboxylic acids is 1. The van der Waals surface area contributed by atoms with Gasteiger partial charge in [-0.25, -0.2) is 19.1 Å². The van der Waals surface area contributed by atoms with E-state index >= 15 is 0 Å². The summed E-state index contributed by atoms with van der Waals surface area (Å²) in [6.07, 6.45) is 1.79. The number of rotatable bonds is 8. The second kappa shape index (κ2) is 11.3. The molecule has 3 aromatic rings. The molecule has 8 nitrogen and oxygen atoms in total. The normalized spacial score (nSPS) is 17.5. The quantitative estimate of drug-likeness (QED) is 0.396. The third-order valence-electron chi connectivity index (χ3n) is 6.74. The van der Waals surface area contributed by atoms with Gasteiger partial charge in [-0.15, -0.1) is 0 Å². The molecule has 0 saturated carbocycles. The largest absolute Gasteiger partial charge is 0.493 e. The van der Waals surface area contributed by atoms with Crippen molar-refractivity contribution >= 4 is 21.7 Å². The summed E-state index contributed by atoms with van der Waals surface area (Å²) in [4.78, 5) is 24.5. The van der Waals surface area contributed by atoms with Crippen LogP contribution in [-0.4, -0.2) is 43.0 Å². The summed E-state index contributed by atoms with van der Waals surface area (Å²) in [5.74, 6) is -0.238. The van der Waals surface area contributed by atoms with Crippen molar-refractivity contribution in [1.82, 2.24) is 14.7 Å². The molecule has 1 amide bonds. The van der Waals surface area contributed by atoms with Crippen molar-refractivity contribution in [2.24, 2.45) is 5.92 Å². The highest BCUT2D eigenvalue weighted by Crippen LogP contribution is 2.36. The van der Waals surface area contributed by atoms with Crippen molar-refractivity contribution in [2.75, 3.05) is 11.5 Å². The van der Waals surface area contributed by atoms with Gasteiger partial charge in [0.1, 0.15) is 17.4 Å². The Bertz CT molecular complexity index is 1480. The van der Waals surface area contributed by atoms with Gasteiger partial charge in [0.05, 0.1) is 17.9 Å². The lowest BCUT2D eigenvalue weighted by atomic mass is 10.0. The molecule has 1 aliphatic rings. The maximum absolute atomic E-state index is 14.6. The van der Waals surface area contributed by atoms with E-state index in [1.165, 1.54) is 18.2 Å². The van der Waals surface area contributed by atoms with Gasteiger partial charge in [0.25, 0.3) is 15.9 Å². The fraction of sp³-hybridized carbons (Fsp3) is 0.414. The summed E-state index contributed by atoms with van der Waals surface area (Å²) in [5.41, 5.74) is 2.15. The zero-order valence-corrected chi connectivity index (χ0v) is 24.0. The first-order chi connectivity index (χ1) is 18.4. The van der Waals surface area contributed by atoms with E-state index in [4.69, 9.17) is 9.72 Å². The van der Waals surface area contributed by atoms with Crippen molar-refractivity contribution in [1.29, 1.82) is 0 Å². The van der Waals surface area contributed by atoms with Crippen molar-refractivity contribution in [3.05, 3.63) is 65.1 Å². The number of amides is 1. The predicted octanol–water partition coefficient (Wildman–Crippen LogP) is 5.43. The second-order valence-corrected chi connectivity index (χ2v) is 12.3. The van der Waals surface area contributed by atoms with Crippen LogP contribution in [0, 0.1) is 25.6 Å². The minimum Gasteiger partial charge on any atom is -0.493 e. The number of carbonyl (C=O) groups is 1. The Morgan fingerprint density at radius 2 is 1.79 bits per heavy atom. The van der Waals surface area contributed by atoms with Crippen LogP contribution in [-0.2, 0) is 10.0 Å². The smallest absolute Gasteiger partial charge is 0.281 e. The maximum atomic E-state index is 14.6. The van der Waals surface area contributed by atoms with E-state index in [-0.39, 0.29) is 28.6 Å². The summed E-state index contributed by atoms with van der Waals surface area (Å²) in [6.45, 7) is 11.9. The van der Waals surface area contributed by atoms with Crippen LogP contribution in [0.4, 0.5) is 10.2 Å². The van der Waals surface area contributed by atoms with E-state index in [2.05, 4.69) is 9.71 Å². The molecule has 0 bridgehead atoms. The number of nitrogens with zero attached hydrogens (tertiary/aromatic N) is 3. The molecule has 1 aliphatic heterocycles. The summed E-state index contributed by atoms with van der Waals surface area (Å²) in [6, 6.07) is 10.8. The van der Waals surface area contributed by atoms with Gasteiger partial charge in [-0.2, -0.15) is 8.42 Å². The molecule has 2 atom stereocenters. The minimum atomic E-state index is -4.22. The van der Waals surface area contributed by atoms with Gasteiger partial charge in [-0.1, -0.05) is 19.9 Å². The first-order valence-electron chi connectivity index (χ1n) is 13.1. The van der Waals surface area contributed by atoms with Crippen LogP contribution in [0.3, 0.4) is 0 Å². The molecule has 3 heterocycles. The molecular weight excluding hydrogens is 519 g/mol. The van der Waals surface area contributed by atoms with E-state index in [9.17, 15) is 17.6 Å². The van der Waals surface area contributed by atoms with Crippen LogP contribution in [0.15, 0.2) is 47.5 Å². The first kappa shape index (κ1) is 28.5. The Hall–Kier alpha value is -3.53. The van der Waals surface area contributed by atoms with Gasteiger partial charge < -0.3 is 9.64 Å². The molecule has 1 saturated heterocycles. The van der Waals surface area contributed by atoms with Crippen LogP contribution in [0.1, 0.15) is 62.2 Å². The second-order valence-electron chi connectivity index (χ2n) is 10.6. The third kappa shape index (κ3) is 6.38. The van der Waals surface area contributed by atoms with Gasteiger partial charge in [0.2, 0.25) is 0 Å². The van der Waals surface area contributed by atoms with Crippen LogP contribution in [0.25, 0.3) is 11.3 Å². The molecule has 0 unspecified atom stereocenters. The molecule has 0 radical (unpaired) electrons. The third-order valence-corrected chi connectivity index (χ3v) is 7.97. The Balaban J connectivity index is 1.80. The van der Waals surface area contributed by atoms with Crippen LogP contribution in [0.5, 0.6) is 5.75 Å². The Morgan fingerprint density at radius 1 is 1.10 bits per heavy atom. The van der Waals surface area contributed by atoms with Crippen LogP contribution in [0.2, 0.25) is 0 Å². The van der Waals surface area contributed by atoms with Crippen molar-refractivity contribution in [3.8, 4) is 17.0 Å². The lowest BCUT2D eigenvalue weighted by Crippen LogP contribution is -2.38. The molecule has 2 aromatic heterocycles. The lowest BCUT2D eigenvalue weighted by molar-refractivity contribution is 0.0981. The van der Waals surface area contributed by atoms with Crippen LogP contribution < -0.4 is 14.4 Å². The number of sulfonamides is 1. The number of nitrogens with one attached hydrogen (secondary N) is 1. The molecule has 10 heteroatoms. The van der Waals surface area contributed by atoms with Crippen molar-refractivity contribution in [3.63, 3.8) is 0 Å². The molecule has 39 heavy (non-hydrogen) atoms. The standard InChI is InChI=1S/C29H35FN4O4S/c1-17(2)16-38-24-14-22(13-23(30)15-24)25-12-18(3)27(28(32-25)34-20(5)10-11-21(34)6)29(35)33-39(36,37)26-9-7-8-19(4)31-26/h7-9,12-15,17,20-21H,10-11,16H2,1-6H3,(H,33,35)/t20-,21+. The molecule has 208 valence electrons. The molecule has 0 aliphatic carbocycles. The van der Waals surface area contributed by atoms with Crippen molar-refractivity contribution < 1.29 is 22.3 Å². The summed E-state index contributed by atoms with van der Waals surface area (Å²) < 4.78 is 48.6. The monoisotopic (exact) mass is 554 g/mol. The van der Waals surface area contributed by atoms with E-state index in [1.54, 1.807) is 38.1 Å². The van der Waals surface area contributed by atoms with Gasteiger partial charge in [0, 0.05) is 29.4 Å². The molecule has 1 aromatic carbocycles. The molecule has 0 spiro atoms. The number of benzene rings is 1. The Morgan fingerprint density at radius 3 is 2.44 bits per heavy atom. The van der Waals surface area contributed by atoms with Crippen LogP contribution >= 0.6 is 0 Å². The highest BCUT2D eigenvalue weighted by atomic mass is 32.2. The number of halogens is 1. The highest BCUT2D eigenvalue weighted by Gasteiger charge is 2.34. The number of ether oxygens (including phenoxy) is 1. The Kier molecular flexibility index (Phi) is 8.25. The average molecular weight is 555 g/mol. The highest BCUT2D eigenvalue weighted by molar-refractivity contribution is 7.90. The maximum Gasteiger partial charge on any atom is 0.281 e. The van der Waals surface area contributed by atoms with E-state index < -0.39 is 21.7 Å². The summed E-state index contributed by atoms with van der Waals surface area (Å²) in [5, 5.41) is -0.240. The zero-order valence-electron chi connectivity index (χ0n) is 23.2. The molecular formula is C29H35FN4O4S. The van der Waals surface area contributed by atoms with E-state index in [1.807, 2.05) is 32.6 Å². The number of aromatic nitrogens is 2. The Labute approximate surface area is 229 Å². The fourth-order valence-electron chi connectivity index (χ4n) is 4.83. The molecule has 1 N–H and O–H groups in total. The number of pyridine rings is 2. The number of hydrogen-bond acceptors (Lipinski definition) is 7. The number of hydrogen-bond donors (Lipinski definition) is 1. The average Bonchev–Trinajstić information content (AvgIpc) is 3.19. The van der Waals surface area contributed by atoms with Gasteiger partial charge in [-0.3, -0.25) is 4.79 Å². The zero-order chi connectivity index (χ0) is 28.5. The topological polar surface area (TPSA) is 101 Å².